The van der Waals surface area contributed by atoms with Crippen LogP contribution in [0.3, 0.4) is 0 Å². The summed E-state index contributed by atoms with van der Waals surface area (Å²) < 4.78 is 0. The van der Waals surface area contributed by atoms with Crippen LogP contribution in [0.25, 0.3) is 10.8 Å². The average Bonchev–Trinajstić information content (AvgIpc) is 3.19. The summed E-state index contributed by atoms with van der Waals surface area (Å²) in [6.45, 7) is 0. The standard InChI is InChI=1S/C13H14N4O/c14-10-3-1-2-9-8(10)4-7-16-11(9)13(5-6-13)12(15)17-18/h1-4,7,18H,5-6,14H2,(H2,15,17). The number of amidine groups is 1. The Hall–Kier alpha value is -2.30. The summed E-state index contributed by atoms with van der Waals surface area (Å²) in [6.07, 6.45) is 3.42. The first-order valence-corrected chi connectivity index (χ1v) is 5.81. The lowest BCUT2D eigenvalue weighted by molar-refractivity contribution is 0.315. The van der Waals surface area contributed by atoms with Crippen LogP contribution in [0.2, 0.25) is 0 Å². The van der Waals surface area contributed by atoms with E-state index >= 15 is 0 Å². The Morgan fingerprint density at radius 1 is 1.28 bits per heavy atom. The van der Waals surface area contributed by atoms with Crippen LogP contribution in [0.1, 0.15) is 18.5 Å². The third-order valence-corrected chi connectivity index (χ3v) is 3.64. The third kappa shape index (κ3) is 1.33. The molecule has 0 aliphatic heterocycles. The lowest BCUT2D eigenvalue weighted by Gasteiger charge is -2.15. The van der Waals surface area contributed by atoms with Crippen molar-refractivity contribution in [2.24, 2.45) is 10.9 Å². The van der Waals surface area contributed by atoms with Gasteiger partial charge >= 0.3 is 0 Å². The number of rotatable bonds is 2. The van der Waals surface area contributed by atoms with Gasteiger partial charge in [-0.2, -0.15) is 0 Å². The number of hydrogen-bond acceptors (Lipinski definition) is 4. The number of fused-ring (bicyclic) bond motifs is 1. The van der Waals surface area contributed by atoms with E-state index in [2.05, 4.69) is 10.1 Å². The molecule has 1 saturated carbocycles. The van der Waals surface area contributed by atoms with Crippen LogP contribution in [0.4, 0.5) is 5.69 Å². The van der Waals surface area contributed by atoms with Crippen molar-refractivity contribution in [2.75, 3.05) is 5.73 Å². The highest BCUT2D eigenvalue weighted by atomic mass is 16.4. The number of pyridine rings is 1. The number of oxime groups is 1. The van der Waals surface area contributed by atoms with Crippen molar-refractivity contribution in [2.45, 2.75) is 18.3 Å². The molecule has 18 heavy (non-hydrogen) atoms. The molecule has 5 N–H and O–H groups in total. The summed E-state index contributed by atoms with van der Waals surface area (Å²) in [5, 5.41) is 14.0. The van der Waals surface area contributed by atoms with Gasteiger partial charge < -0.3 is 16.7 Å². The van der Waals surface area contributed by atoms with Gasteiger partial charge in [0.25, 0.3) is 0 Å². The van der Waals surface area contributed by atoms with Crippen LogP contribution in [0.5, 0.6) is 0 Å². The lowest BCUT2D eigenvalue weighted by Crippen LogP contribution is -2.30. The van der Waals surface area contributed by atoms with Crippen molar-refractivity contribution in [1.29, 1.82) is 0 Å². The molecule has 2 aromatic rings. The lowest BCUT2D eigenvalue weighted by atomic mass is 9.95. The summed E-state index contributed by atoms with van der Waals surface area (Å²) in [6, 6.07) is 7.61. The smallest absolute Gasteiger partial charge is 0.151 e. The summed E-state index contributed by atoms with van der Waals surface area (Å²) in [4.78, 5) is 4.42. The Bertz CT molecular complexity index is 646. The SMILES string of the molecule is N/C(=N/O)C1(c2nccc3c(N)cccc23)CC1. The second-order valence-corrected chi connectivity index (χ2v) is 4.67. The van der Waals surface area contributed by atoms with Crippen molar-refractivity contribution in [1.82, 2.24) is 4.98 Å². The van der Waals surface area contributed by atoms with Crippen molar-refractivity contribution in [3.8, 4) is 0 Å². The van der Waals surface area contributed by atoms with E-state index in [1.165, 1.54) is 0 Å². The molecule has 92 valence electrons. The number of nitrogens with zero attached hydrogens (tertiary/aromatic N) is 2. The van der Waals surface area contributed by atoms with Crippen molar-refractivity contribution < 1.29 is 5.21 Å². The number of benzene rings is 1. The second-order valence-electron chi connectivity index (χ2n) is 4.67. The minimum absolute atomic E-state index is 0.227. The Balaban J connectivity index is 2.28. The van der Waals surface area contributed by atoms with Gasteiger partial charge in [0, 0.05) is 22.7 Å². The fraction of sp³-hybridized carbons (Fsp3) is 0.231. The van der Waals surface area contributed by atoms with E-state index in [0.29, 0.717) is 5.69 Å². The van der Waals surface area contributed by atoms with E-state index in [1.807, 2.05) is 24.3 Å². The molecule has 0 bridgehead atoms. The van der Waals surface area contributed by atoms with Gasteiger partial charge in [-0.05, 0) is 25.0 Å². The van der Waals surface area contributed by atoms with Crippen LogP contribution >= 0.6 is 0 Å². The Kier molecular flexibility index (Phi) is 2.16. The molecule has 0 unspecified atom stereocenters. The average molecular weight is 242 g/mol. The Morgan fingerprint density at radius 3 is 2.72 bits per heavy atom. The maximum absolute atomic E-state index is 8.91. The van der Waals surface area contributed by atoms with Gasteiger partial charge in [-0.1, -0.05) is 17.3 Å². The zero-order chi connectivity index (χ0) is 12.8. The number of aromatic nitrogens is 1. The van der Waals surface area contributed by atoms with Gasteiger partial charge in [0.1, 0.15) is 0 Å². The Morgan fingerprint density at radius 2 is 2.06 bits per heavy atom. The summed E-state index contributed by atoms with van der Waals surface area (Å²) >= 11 is 0. The van der Waals surface area contributed by atoms with Crippen molar-refractivity contribution in [3.63, 3.8) is 0 Å². The van der Waals surface area contributed by atoms with Gasteiger partial charge in [0.2, 0.25) is 0 Å². The molecular weight excluding hydrogens is 228 g/mol. The summed E-state index contributed by atoms with van der Waals surface area (Å²) in [5.41, 5.74) is 12.9. The monoisotopic (exact) mass is 242 g/mol. The van der Waals surface area contributed by atoms with E-state index in [1.54, 1.807) is 6.20 Å². The Labute approximate surface area is 104 Å². The normalized spacial score (nSPS) is 17.9. The molecule has 0 saturated heterocycles. The molecule has 5 heteroatoms. The molecule has 3 rings (SSSR count). The topological polar surface area (TPSA) is 97.5 Å². The predicted octanol–water partition coefficient (Wildman–Crippen LogP) is 1.59. The van der Waals surface area contributed by atoms with E-state index in [9.17, 15) is 0 Å². The minimum atomic E-state index is -0.415. The fourth-order valence-corrected chi connectivity index (χ4v) is 2.45. The molecule has 1 aliphatic carbocycles. The molecule has 1 heterocycles. The van der Waals surface area contributed by atoms with Gasteiger partial charge in [0.15, 0.2) is 5.84 Å². The minimum Gasteiger partial charge on any atom is -0.409 e. The van der Waals surface area contributed by atoms with Crippen molar-refractivity contribution >= 4 is 22.3 Å². The van der Waals surface area contributed by atoms with Crippen LogP contribution in [0, 0.1) is 0 Å². The molecule has 0 atom stereocenters. The third-order valence-electron chi connectivity index (χ3n) is 3.64. The number of nitrogen functional groups attached to an aromatic ring is 1. The first-order chi connectivity index (χ1) is 8.69. The van der Waals surface area contributed by atoms with E-state index in [-0.39, 0.29) is 5.84 Å². The quantitative estimate of drug-likeness (QED) is 0.245. The predicted molar refractivity (Wildman–Crippen MR) is 70.5 cm³/mol. The highest BCUT2D eigenvalue weighted by Crippen LogP contribution is 2.49. The molecule has 1 fully saturated rings. The maximum Gasteiger partial charge on any atom is 0.151 e. The fourth-order valence-electron chi connectivity index (χ4n) is 2.45. The van der Waals surface area contributed by atoms with Crippen LogP contribution < -0.4 is 11.5 Å². The van der Waals surface area contributed by atoms with Gasteiger partial charge in [-0.25, -0.2) is 0 Å². The zero-order valence-electron chi connectivity index (χ0n) is 9.80. The largest absolute Gasteiger partial charge is 0.409 e. The summed E-state index contributed by atoms with van der Waals surface area (Å²) in [7, 11) is 0. The van der Waals surface area contributed by atoms with Gasteiger partial charge in [-0.15, -0.1) is 0 Å². The van der Waals surface area contributed by atoms with Crippen LogP contribution in [-0.2, 0) is 5.41 Å². The molecule has 5 nitrogen and oxygen atoms in total. The molecule has 0 radical (unpaired) electrons. The van der Waals surface area contributed by atoms with Crippen molar-refractivity contribution in [3.05, 3.63) is 36.2 Å². The second kappa shape index (κ2) is 3.60. The molecular formula is C13H14N4O. The van der Waals surface area contributed by atoms with Gasteiger partial charge in [-0.3, -0.25) is 4.98 Å². The van der Waals surface area contributed by atoms with E-state index < -0.39 is 5.41 Å². The molecule has 0 spiro atoms. The van der Waals surface area contributed by atoms with E-state index in [0.717, 1.165) is 29.3 Å². The van der Waals surface area contributed by atoms with Gasteiger partial charge in [0.05, 0.1) is 11.1 Å². The molecule has 1 aromatic heterocycles. The van der Waals surface area contributed by atoms with Crippen LogP contribution in [-0.4, -0.2) is 16.0 Å². The summed E-state index contributed by atoms with van der Waals surface area (Å²) in [5.74, 6) is 0.227. The number of nitrogens with two attached hydrogens (primary N) is 2. The first-order valence-electron chi connectivity index (χ1n) is 5.81. The first kappa shape index (κ1) is 10.8. The highest BCUT2D eigenvalue weighted by Gasteiger charge is 2.51. The number of hydrogen-bond donors (Lipinski definition) is 3. The molecule has 1 aliphatic rings. The zero-order valence-corrected chi connectivity index (χ0v) is 9.80. The number of anilines is 1. The van der Waals surface area contributed by atoms with E-state index in [4.69, 9.17) is 16.7 Å². The molecule has 1 aromatic carbocycles. The highest BCUT2D eigenvalue weighted by molar-refractivity contribution is 6.01. The maximum atomic E-state index is 8.91. The molecule has 0 amide bonds. The van der Waals surface area contributed by atoms with Crippen LogP contribution in [0.15, 0.2) is 35.6 Å².